The minimum absolute atomic E-state index is 0.00473. The zero-order valence-corrected chi connectivity index (χ0v) is 19.3. The Hall–Kier alpha value is -4.45. The van der Waals surface area contributed by atoms with Crippen molar-refractivity contribution in [3.05, 3.63) is 108 Å². The summed E-state index contributed by atoms with van der Waals surface area (Å²) < 4.78 is 20.4. The molecular formula is C29H23FN2O3. The molecule has 4 aromatic carbocycles. The lowest BCUT2D eigenvalue weighted by Crippen LogP contribution is -2.33. The molecule has 1 N–H and O–H groups in total. The normalized spacial score (nSPS) is 13.8. The highest BCUT2D eigenvalue weighted by Gasteiger charge is 2.41. The van der Waals surface area contributed by atoms with Gasteiger partial charge in [-0.15, -0.1) is 0 Å². The molecule has 0 spiro atoms. The van der Waals surface area contributed by atoms with Crippen LogP contribution >= 0.6 is 0 Å². The Labute approximate surface area is 202 Å². The summed E-state index contributed by atoms with van der Waals surface area (Å²) in [5.41, 5.74) is 1.37. The van der Waals surface area contributed by atoms with E-state index in [4.69, 9.17) is 4.74 Å². The van der Waals surface area contributed by atoms with Crippen LogP contribution in [-0.2, 0) is 9.59 Å². The molecule has 0 saturated heterocycles. The van der Waals surface area contributed by atoms with Crippen molar-refractivity contribution in [1.82, 2.24) is 0 Å². The number of rotatable bonds is 6. The lowest BCUT2D eigenvalue weighted by Gasteiger charge is -2.16. The van der Waals surface area contributed by atoms with Crippen LogP contribution in [-0.4, -0.2) is 17.9 Å². The number of fused-ring (bicyclic) bond motifs is 1. The SMILES string of the molecule is CC(C)Oc1ccc(C2=C(Nc3cccc4ccccc34)C(=O)N(c3ccccc3F)C2=O)cc1. The summed E-state index contributed by atoms with van der Waals surface area (Å²) in [5.74, 6) is -1.22. The van der Waals surface area contributed by atoms with Gasteiger partial charge in [-0.25, -0.2) is 9.29 Å². The van der Waals surface area contributed by atoms with E-state index in [1.54, 1.807) is 30.3 Å². The van der Waals surface area contributed by atoms with Gasteiger partial charge >= 0.3 is 0 Å². The second kappa shape index (κ2) is 9.06. The molecule has 174 valence electrons. The smallest absolute Gasteiger partial charge is 0.282 e. The minimum atomic E-state index is -0.652. The van der Waals surface area contributed by atoms with Gasteiger partial charge in [0.05, 0.1) is 17.4 Å². The van der Waals surface area contributed by atoms with Crippen LogP contribution in [0.15, 0.2) is 96.7 Å². The number of carbonyl (C=O) groups is 2. The summed E-state index contributed by atoms with van der Waals surface area (Å²) in [6.07, 6.45) is -0.00473. The van der Waals surface area contributed by atoms with Crippen LogP contribution in [0.2, 0.25) is 0 Å². The maximum atomic E-state index is 14.7. The average Bonchev–Trinajstić information content (AvgIpc) is 3.09. The van der Waals surface area contributed by atoms with Crippen molar-refractivity contribution in [2.75, 3.05) is 10.2 Å². The number of benzene rings is 4. The largest absolute Gasteiger partial charge is 0.491 e. The van der Waals surface area contributed by atoms with E-state index in [9.17, 15) is 14.0 Å². The van der Waals surface area contributed by atoms with Gasteiger partial charge < -0.3 is 10.1 Å². The summed E-state index contributed by atoms with van der Waals surface area (Å²) in [7, 11) is 0. The standard InChI is InChI=1S/C29H23FN2O3/c1-18(2)35-21-16-14-20(15-17-21)26-27(31-24-12-7-9-19-8-3-4-10-22(19)24)29(34)32(28(26)33)25-13-6-5-11-23(25)30/h3-18,31H,1-2H3. The van der Waals surface area contributed by atoms with E-state index in [1.807, 2.05) is 56.3 Å². The number of para-hydroxylation sites is 1. The summed E-state index contributed by atoms with van der Waals surface area (Å²) in [4.78, 5) is 28.1. The summed E-state index contributed by atoms with van der Waals surface area (Å²) >= 11 is 0. The molecule has 0 aromatic heterocycles. The number of hydrogen-bond donors (Lipinski definition) is 1. The van der Waals surface area contributed by atoms with Crippen LogP contribution in [0.5, 0.6) is 5.75 Å². The number of nitrogens with one attached hydrogen (secondary N) is 1. The second-order valence-corrected chi connectivity index (χ2v) is 8.49. The summed E-state index contributed by atoms with van der Waals surface area (Å²) in [6.45, 7) is 3.85. The molecule has 1 aliphatic rings. The third-order valence-corrected chi connectivity index (χ3v) is 5.74. The fourth-order valence-corrected chi connectivity index (χ4v) is 4.21. The highest BCUT2D eigenvalue weighted by atomic mass is 19.1. The van der Waals surface area contributed by atoms with Gasteiger partial charge in [0.2, 0.25) is 0 Å². The predicted molar refractivity (Wildman–Crippen MR) is 136 cm³/mol. The zero-order valence-electron chi connectivity index (χ0n) is 19.3. The maximum Gasteiger partial charge on any atom is 0.282 e. The van der Waals surface area contributed by atoms with Gasteiger partial charge in [-0.05, 0) is 55.1 Å². The van der Waals surface area contributed by atoms with Crippen molar-refractivity contribution in [1.29, 1.82) is 0 Å². The van der Waals surface area contributed by atoms with E-state index in [-0.39, 0.29) is 23.1 Å². The molecule has 1 aliphatic heterocycles. The van der Waals surface area contributed by atoms with E-state index in [2.05, 4.69) is 5.32 Å². The van der Waals surface area contributed by atoms with Gasteiger partial charge in [0.1, 0.15) is 17.3 Å². The molecule has 5 nitrogen and oxygen atoms in total. The topological polar surface area (TPSA) is 58.6 Å². The zero-order chi connectivity index (χ0) is 24.5. The van der Waals surface area contributed by atoms with Crippen LogP contribution in [0, 0.1) is 5.82 Å². The molecule has 35 heavy (non-hydrogen) atoms. The average molecular weight is 467 g/mol. The van der Waals surface area contributed by atoms with Crippen LogP contribution < -0.4 is 15.0 Å². The van der Waals surface area contributed by atoms with E-state index < -0.39 is 17.6 Å². The number of anilines is 2. The number of imide groups is 1. The molecule has 5 rings (SSSR count). The molecule has 2 amide bonds. The first-order valence-corrected chi connectivity index (χ1v) is 11.3. The molecular weight excluding hydrogens is 443 g/mol. The molecule has 0 saturated carbocycles. The first kappa shape index (κ1) is 22.3. The van der Waals surface area contributed by atoms with Crippen LogP contribution in [0.25, 0.3) is 16.3 Å². The third kappa shape index (κ3) is 4.15. The maximum absolute atomic E-state index is 14.7. The Morgan fingerprint density at radius 1 is 0.800 bits per heavy atom. The van der Waals surface area contributed by atoms with Gasteiger partial charge in [0.15, 0.2) is 0 Å². The Morgan fingerprint density at radius 3 is 2.23 bits per heavy atom. The number of halogens is 1. The molecule has 0 unspecified atom stereocenters. The Bertz CT molecular complexity index is 1470. The Morgan fingerprint density at radius 2 is 1.49 bits per heavy atom. The van der Waals surface area contributed by atoms with E-state index in [1.165, 1.54) is 18.2 Å². The van der Waals surface area contributed by atoms with Crippen molar-refractivity contribution in [2.24, 2.45) is 0 Å². The van der Waals surface area contributed by atoms with E-state index in [0.717, 1.165) is 15.7 Å². The van der Waals surface area contributed by atoms with Gasteiger partial charge in [0.25, 0.3) is 11.8 Å². The van der Waals surface area contributed by atoms with Crippen molar-refractivity contribution < 1.29 is 18.7 Å². The minimum Gasteiger partial charge on any atom is -0.491 e. The fourth-order valence-electron chi connectivity index (χ4n) is 4.21. The quantitative estimate of drug-likeness (QED) is 0.346. The Kier molecular flexibility index (Phi) is 5.79. The number of amides is 2. The van der Waals surface area contributed by atoms with E-state index in [0.29, 0.717) is 17.0 Å². The molecule has 0 radical (unpaired) electrons. The number of carbonyl (C=O) groups excluding carboxylic acids is 2. The molecule has 0 atom stereocenters. The monoisotopic (exact) mass is 466 g/mol. The number of ether oxygens (including phenoxy) is 1. The number of hydrogen-bond acceptors (Lipinski definition) is 4. The van der Waals surface area contributed by atoms with Gasteiger partial charge in [-0.3, -0.25) is 9.59 Å². The fraction of sp³-hybridized carbons (Fsp3) is 0.103. The van der Waals surface area contributed by atoms with Gasteiger partial charge in [-0.1, -0.05) is 60.7 Å². The molecule has 4 aromatic rings. The van der Waals surface area contributed by atoms with Crippen LogP contribution in [0.3, 0.4) is 0 Å². The van der Waals surface area contributed by atoms with Crippen molar-refractivity contribution in [3.8, 4) is 5.75 Å². The molecule has 0 fully saturated rings. The molecule has 6 heteroatoms. The van der Waals surface area contributed by atoms with Crippen LogP contribution in [0.1, 0.15) is 19.4 Å². The van der Waals surface area contributed by atoms with Crippen molar-refractivity contribution >= 4 is 39.5 Å². The summed E-state index contributed by atoms with van der Waals surface area (Å²) in [6, 6.07) is 26.1. The highest BCUT2D eigenvalue weighted by molar-refractivity contribution is 6.46. The first-order valence-electron chi connectivity index (χ1n) is 11.3. The van der Waals surface area contributed by atoms with Gasteiger partial charge in [-0.2, -0.15) is 0 Å². The molecule has 1 heterocycles. The van der Waals surface area contributed by atoms with Crippen LogP contribution in [0.4, 0.5) is 15.8 Å². The lowest BCUT2D eigenvalue weighted by atomic mass is 10.0. The van der Waals surface area contributed by atoms with Crippen molar-refractivity contribution in [3.63, 3.8) is 0 Å². The number of nitrogens with zero attached hydrogens (tertiary/aromatic N) is 1. The second-order valence-electron chi connectivity index (χ2n) is 8.49. The highest BCUT2D eigenvalue weighted by Crippen LogP contribution is 2.36. The third-order valence-electron chi connectivity index (χ3n) is 5.74. The van der Waals surface area contributed by atoms with E-state index >= 15 is 0 Å². The first-order chi connectivity index (χ1) is 16.9. The van der Waals surface area contributed by atoms with Crippen molar-refractivity contribution in [2.45, 2.75) is 20.0 Å². The molecule has 0 bridgehead atoms. The Balaban J connectivity index is 1.63. The predicted octanol–water partition coefficient (Wildman–Crippen LogP) is 6.16. The summed E-state index contributed by atoms with van der Waals surface area (Å²) in [5, 5.41) is 5.07. The lowest BCUT2D eigenvalue weighted by molar-refractivity contribution is -0.120. The molecule has 0 aliphatic carbocycles. The van der Waals surface area contributed by atoms with Gasteiger partial charge in [0, 0.05) is 11.1 Å².